The molecule has 0 saturated heterocycles. The van der Waals surface area contributed by atoms with Crippen LogP contribution in [0.3, 0.4) is 0 Å². The Morgan fingerprint density at radius 1 is 0.595 bits per heavy atom. The summed E-state index contributed by atoms with van der Waals surface area (Å²) in [5.41, 5.74) is 2.82. The van der Waals surface area contributed by atoms with Gasteiger partial charge in [0.2, 0.25) is 0 Å². The van der Waals surface area contributed by atoms with Gasteiger partial charge in [0.25, 0.3) is 0 Å². The van der Waals surface area contributed by atoms with Crippen LogP contribution in [0.25, 0.3) is 0 Å². The molecule has 1 atom stereocenters. The third kappa shape index (κ3) is 27.4. The molecule has 0 aliphatic rings. The second-order valence-electron chi connectivity index (χ2n) is 11.2. The standard InChI is InChI=1S/C33H52OS.F6P/c1-3-4-5-6-7-8-9-10-11-12-13-14-15-16-17-21-28-34-33-26-24-32(25-27-33)30(2)35-29-31-22-19-18-20-23-31;1-7(2,3,4,5)6/h18-20,22-27,30H,3-17,21,28-29H2,1-2H3;/q;-1/p+1. The number of hydrogen-bond donors (Lipinski definition) is 0. The number of hydrogen-bond acceptors (Lipinski definition) is 1. The van der Waals surface area contributed by atoms with E-state index in [1.807, 2.05) is 0 Å². The van der Waals surface area contributed by atoms with Crippen LogP contribution in [0.4, 0.5) is 25.2 Å². The molecule has 0 radical (unpaired) electrons. The van der Waals surface area contributed by atoms with Gasteiger partial charge in [0.15, 0.2) is 0 Å². The first-order valence-corrected chi connectivity index (χ1v) is 18.9. The molecule has 0 heterocycles. The Hall–Kier alpha value is -1.40. The van der Waals surface area contributed by atoms with Gasteiger partial charge in [-0.05, 0) is 37.2 Å². The van der Waals surface area contributed by atoms with Crippen molar-refractivity contribution in [3.05, 3.63) is 65.7 Å². The summed E-state index contributed by atoms with van der Waals surface area (Å²) in [6.45, 7) is 5.46. The van der Waals surface area contributed by atoms with Crippen LogP contribution in [0, 0.1) is 0 Å². The Morgan fingerprint density at radius 2 is 1.00 bits per heavy atom. The van der Waals surface area contributed by atoms with E-state index in [0.717, 1.165) is 18.1 Å². The molecule has 9 heteroatoms. The van der Waals surface area contributed by atoms with Crippen LogP contribution in [0.15, 0.2) is 54.6 Å². The normalized spacial score (nSPS) is 13.9. The summed E-state index contributed by atoms with van der Waals surface area (Å²) in [7, 11) is -10.7. The van der Waals surface area contributed by atoms with Crippen molar-refractivity contribution in [2.75, 3.05) is 6.61 Å². The molecule has 0 aliphatic heterocycles. The molecule has 0 aliphatic carbocycles. The van der Waals surface area contributed by atoms with Crippen molar-refractivity contribution < 1.29 is 29.9 Å². The van der Waals surface area contributed by atoms with Gasteiger partial charge < -0.3 is 4.74 Å². The molecule has 0 aromatic heterocycles. The van der Waals surface area contributed by atoms with Crippen LogP contribution in [-0.2, 0) is 17.5 Å². The summed E-state index contributed by atoms with van der Waals surface area (Å²) in [5.74, 6) is 2.13. The van der Waals surface area contributed by atoms with Gasteiger partial charge in [-0.2, -0.15) is 0 Å². The monoisotopic (exact) mass is 642 g/mol. The van der Waals surface area contributed by atoms with Gasteiger partial charge in [0.05, 0.1) is 6.61 Å². The second-order valence-corrected chi connectivity index (χ2v) is 14.6. The van der Waals surface area contributed by atoms with Crippen LogP contribution in [0.5, 0.6) is 5.75 Å². The molecule has 0 spiro atoms. The van der Waals surface area contributed by atoms with Gasteiger partial charge in [-0.3, -0.25) is 0 Å². The Kier molecular flexibility index (Phi) is 18.2. The van der Waals surface area contributed by atoms with Crippen molar-refractivity contribution in [3.8, 4) is 5.75 Å². The molecule has 2 aromatic carbocycles. The number of ether oxygens (including phenoxy) is 1. The fraction of sp³-hybridized carbons (Fsp3) is 0.636. The molecule has 1 nitrogen and oxygen atoms in total. The van der Waals surface area contributed by atoms with Gasteiger partial charge in [-0.25, -0.2) is 0 Å². The van der Waals surface area contributed by atoms with Crippen LogP contribution in [0.2, 0.25) is 0 Å². The van der Waals surface area contributed by atoms with E-state index in [4.69, 9.17) is 4.74 Å². The Balaban J connectivity index is 0.00000112. The van der Waals surface area contributed by atoms with Crippen molar-refractivity contribution in [2.24, 2.45) is 0 Å². The summed E-state index contributed by atoms with van der Waals surface area (Å²) in [6.07, 6.45) is 22.5. The average molecular weight is 643 g/mol. The van der Waals surface area contributed by atoms with E-state index >= 15 is 0 Å². The van der Waals surface area contributed by atoms with E-state index in [0.29, 0.717) is 5.25 Å². The molecule has 0 fully saturated rings. The fourth-order valence-electron chi connectivity index (χ4n) is 4.61. The van der Waals surface area contributed by atoms with Crippen molar-refractivity contribution >= 4 is 19.6 Å². The Bertz CT molecular complexity index is 912. The molecular formula is C33H53F6OPS. The summed E-state index contributed by atoms with van der Waals surface area (Å²) in [5, 5.41) is 0.546. The first-order valence-electron chi connectivity index (χ1n) is 15.7. The zero-order valence-electron chi connectivity index (χ0n) is 25.6. The fourth-order valence-corrected chi connectivity index (χ4v) is 5.69. The van der Waals surface area contributed by atoms with Crippen LogP contribution < -0.4 is 4.74 Å². The summed E-state index contributed by atoms with van der Waals surface area (Å²) in [6, 6.07) is 19.6. The molecule has 0 amide bonds. The number of thiol groups is 1. The van der Waals surface area contributed by atoms with Crippen molar-refractivity contribution in [2.45, 2.75) is 128 Å². The van der Waals surface area contributed by atoms with Crippen LogP contribution in [0.1, 0.15) is 133 Å². The van der Waals surface area contributed by atoms with Gasteiger partial charge >= 0.3 is 33.0 Å². The molecule has 0 N–H and O–H groups in total. The molecular weight excluding hydrogens is 589 g/mol. The van der Waals surface area contributed by atoms with Crippen molar-refractivity contribution in [1.82, 2.24) is 0 Å². The Labute approximate surface area is 254 Å². The van der Waals surface area contributed by atoms with Gasteiger partial charge in [0, 0.05) is 11.1 Å². The van der Waals surface area contributed by atoms with Gasteiger partial charge in [-0.1, -0.05) is 146 Å². The minimum atomic E-state index is -10.7. The Morgan fingerprint density at radius 3 is 1.43 bits per heavy atom. The maximum absolute atomic E-state index is 10.7. The molecule has 2 rings (SSSR count). The minimum absolute atomic E-state index is 0.546. The van der Waals surface area contributed by atoms with E-state index in [1.54, 1.807) is 0 Å². The van der Waals surface area contributed by atoms with Crippen LogP contribution >= 0.6 is 7.81 Å². The quantitative estimate of drug-likeness (QED) is 0.0408. The third-order valence-corrected chi connectivity index (χ3v) is 8.41. The predicted octanol–water partition coefficient (Wildman–Crippen LogP) is 13.8. The molecule has 42 heavy (non-hydrogen) atoms. The second kappa shape index (κ2) is 19.8. The summed E-state index contributed by atoms with van der Waals surface area (Å²) >= 11 is 1.45. The molecule has 0 saturated carbocycles. The number of halogens is 6. The topological polar surface area (TPSA) is 9.23 Å². The SMILES string of the molecule is CCCCCCCCCCCCCCCCCCOc1ccc(C(C)[SH+]Cc2ccccc2)cc1.F[P-](F)(F)(F)(F)F. The van der Waals surface area contributed by atoms with Gasteiger partial charge in [-0.15, -0.1) is 0 Å². The first kappa shape index (κ1) is 38.6. The first-order chi connectivity index (χ1) is 19.7. The molecule has 0 bridgehead atoms. The average Bonchev–Trinajstić information content (AvgIpc) is 2.92. The van der Waals surface area contributed by atoms with E-state index in [2.05, 4.69) is 68.4 Å². The summed E-state index contributed by atoms with van der Waals surface area (Å²) < 4.78 is 65.2. The number of benzene rings is 2. The van der Waals surface area contributed by atoms with Crippen LogP contribution in [-0.4, -0.2) is 6.61 Å². The third-order valence-electron chi connectivity index (χ3n) is 7.02. The van der Waals surface area contributed by atoms with E-state index < -0.39 is 7.81 Å². The number of rotatable bonds is 22. The van der Waals surface area contributed by atoms with Crippen molar-refractivity contribution in [3.63, 3.8) is 0 Å². The van der Waals surface area contributed by atoms with E-state index in [-0.39, 0.29) is 0 Å². The maximum atomic E-state index is 9.87. The zero-order chi connectivity index (χ0) is 31.2. The van der Waals surface area contributed by atoms with E-state index in [1.165, 1.54) is 126 Å². The van der Waals surface area contributed by atoms with Crippen molar-refractivity contribution in [1.29, 1.82) is 0 Å². The molecule has 244 valence electrons. The molecule has 2 aromatic rings. The zero-order valence-corrected chi connectivity index (χ0v) is 27.4. The predicted molar refractivity (Wildman–Crippen MR) is 172 cm³/mol. The summed E-state index contributed by atoms with van der Waals surface area (Å²) in [4.78, 5) is 0. The van der Waals surface area contributed by atoms with Gasteiger partial charge in [0.1, 0.15) is 16.8 Å². The molecule has 1 unspecified atom stereocenters. The van der Waals surface area contributed by atoms with E-state index in [9.17, 15) is 25.2 Å². The number of unbranched alkanes of at least 4 members (excludes halogenated alkanes) is 15.